The third-order valence-corrected chi connectivity index (χ3v) is 6.36. The molecule has 1 aliphatic heterocycles. The van der Waals surface area contributed by atoms with Crippen LogP contribution in [-0.4, -0.2) is 34.3 Å². The predicted octanol–water partition coefficient (Wildman–Crippen LogP) is 4.27. The lowest BCUT2D eigenvalue weighted by atomic mass is 10.0. The van der Waals surface area contributed by atoms with Crippen molar-refractivity contribution in [3.05, 3.63) is 28.8 Å². The molecule has 0 aliphatic carbocycles. The lowest BCUT2D eigenvalue weighted by Gasteiger charge is -2.05. The largest absolute Gasteiger partial charge is 0.354 e. The van der Waals surface area contributed by atoms with E-state index in [0.717, 1.165) is 28.4 Å². The van der Waals surface area contributed by atoms with Gasteiger partial charge in [-0.05, 0) is 42.9 Å². The van der Waals surface area contributed by atoms with E-state index in [1.54, 1.807) is 23.1 Å². The van der Waals surface area contributed by atoms with E-state index in [-0.39, 0.29) is 11.9 Å². The molecule has 0 fully saturated rings. The smallest absolute Gasteiger partial charge is 0.245 e. The minimum atomic E-state index is -0.278. The normalized spacial score (nSPS) is 17.3. The van der Waals surface area contributed by atoms with Crippen molar-refractivity contribution in [2.75, 3.05) is 12.3 Å². The fourth-order valence-electron chi connectivity index (χ4n) is 2.66. The van der Waals surface area contributed by atoms with Crippen molar-refractivity contribution in [1.82, 2.24) is 10.3 Å². The number of amides is 1. The summed E-state index contributed by atoms with van der Waals surface area (Å²) in [6.45, 7) is 7.28. The zero-order chi connectivity index (χ0) is 17.8. The number of aliphatic imine (C=N–C) groups is 1. The fraction of sp³-hybridized carbons (Fsp3) is 0.526. The molecular formula is C19H25N3OS2. The Morgan fingerprint density at radius 2 is 2.24 bits per heavy atom. The summed E-state index contributed by atoms with van der Waals surface area (Å²) in [5, 5.41) is 4.77. The Kier molecular flexibility index (Phi) is 6.12. The number of hydrogen-bond acceptors (Lipinski definition) is 5. The predicted molar refractivity (Wildman–Crippen MR) is 109 cm³/mol. The van der Waals surface area contributed by atoms with Gasteiger partial charge in [0.25, 0.3) is 0 Å². The maximum atomic E-state index is 12.1. The summed E-state index contributed by atoms with van der Waals surface area (Å²) in [6.07, 6.45) is 3.25. The van der Waals surface area contributed by atoms with Crippen molar-refractivity contribution in [3.63, 3.8) is 0 Å². The van der Waals surface area contributed by atoms with Gasteiger partial charge < -0.3 is 5.32 Å². The first-order valence-corrected chi connectivity index (χ1v) is 10.7. The molecule has 134 valence electrons. The van der Waals surface area contributed by atoms with Gasteiger partial charge in [-0.2, -0.15) is 0 Å². The van der Waals surface area contributed by atoms with E-state index < -0.39 is 0 Å². The van der Waals surface area contributed by atoms with Gasteiger partial charge in [0.15, 0.2) is 0 Å². The van der Waals surface area contributed by atoms with Crippen LogP contribution in [0.15, 0.2) is 23.2 Å². The topological polar surface area (TPSA) is 54.4 Å². The molecule has 2 aromatic rings. The van der Waals surface area contributed by atoms with E-state index in [4.69, 9.17) is 4.98 Å². The van der Waals surface area contributed by atoms with E-state index in [9.17, 15) is 4.79 Å². The van der Waals surface area contributed by atoms with Crippen LogP contribution in [0, 0.1) is 5.92 Å². The minimum absolute atomic E-state index is 0.0291. The highest BCUT2D eigenvalue weighted by molar-refractivity contribution is 8.15. The molecule has 6 heteroatoms. The second kappa shape index (κ2) is 8.32. The summed E-state index contributed by atoms with van der Waals surface area (Å²) in [5.41, 5.74) is 2.39. The van der Waals surface area contributed by atoms with Crippen LogP contribution in [-0.2, 0) is 11.2 Å². The quantitative estimate of drug-likeness (QED) is 0.786. The molecule has 25 heavy (non-hydrogen) atoms. The number of fused-ring (bicyclic) bond motifs is 1. The summed E-state index contributed by atoms with van der Waals surface area (Å²) < 4.78 is 1.21. The lowest BCUT2D eigenvalue weighted by molar-refractivity contribution is -0.121. The van der Waals surface area contributed by atoms with Crippen molar-refractivity contribution in [2.24, 2.45) is 10.9 Å². The van der Waals surface area contributed by atoms with E-state index in [2.05, 4.69) is 49.3 Å². The molecule has 0 radical (unpaired) electrons. The van der Waals surface area contributed by atoms with Crippen molar-refractivity contribution in [3.8, 4) is 0 Å². The first-order valence-electron chi connectivity index (χ1n) is 8.95. The standard InChI is InChI=1S/C19H25N3OS2/c1-4-9-20-17(23)15-11-24-18(22-15)19-21-14-8-7-13(6-5-12(2)3)10-16(14)25-19/h7-8,10,12,15H,4-6,9,11H2,1-3H3,(H,20,23)/t15-/m1/s1. The fourth-order valence-corrected chi connectivity index (χ4v) is 4.80. The zero-order valence-corrected chi connectivity index (χ0v) is 16.7. The highest BCUT2D eigenvalue weighted by atomic mass is 32.2. The number of aromatic nitrogens is 1. The molecule has 1 amide bonds. The molecule has 0 spiro atoms. The summed E-state index contributed by atoms with van der Waals surface area (Å²) >= 11 is 3.32. The van der Waals surface area contributed by atoms with Gasteiger partial charge in [0.2, 0.25) is 5.91 Å². The number of thiazole rings is 1. The molecule has 0 saturated carbocycles. The number of nitrogens with zero attached hydrogens (tertiary/aromatic N) is 2. The van der Waals surface area contributed by atoms with Gasteiger partial charge in [-0.25, -0.2) is 4.98 Å². The van der Waals surface area contributed by atoms with Crippen LogP contribution in [0.1, 0.15) is 44.2 Å². The monoisotopic (exact) mass is 375 g/mol. The molecular weight excluding hydrogens is 350 g/mol. The van der Waals surface area contributed by atoms with E-state index in [1.807, 2.05) is 0 Å². The molecule has 1 atom stereocenters. The van der Waals surface area contributed by atoms with E-state index >= 15 is 0 Å². The van der Waals surface area contributed by atoms with Crippen LogP contribution in [0.2, 0.25) is 0 Å². The Morgan fingerprint density at radius 1 is 1.40 bits per heavy atom. The minimum Gasteiger partial charge on any atom is -0.354 e. The highest BCUT2D eigenvalue weighted by Crippen LogP contribution is 2.30. The van der Waals surface area contributed by atoms with E-state index in [1.165, 1.54) is 16.7 Å². The Hall–Kier alpha value is -1.40. The molecule has 4 nitrogen and oxygen atoms in total. The van der Waals surface area contributed by atoms with Gasteiger partial charge >= 0.3 is 0 Å². The van der Waals surface area contributed by atoms with Crippen molar-refractivity contribution >= 4 is 44.3 Å². The van der Waals surface area contributed by atoms with Gasteiger partial charge in [-0.1, -0.05) is 26.8 Å². The van der Waals surface area contributed by atoms with E-state index in [0.29, 0.717) is 18.2 Å². The van der Waals surface area contributed by atoms with Crippen LogP contribution in [0.25, 0.3) is 10.2 Å². The number of nitrogens with one attached hydrogen (secondary N) is 1. The molecule has 0 bridgehead atoms. The van der Waals surface area contributed by atoms with Crippen LogP contribution in [0.5, 0.6) is 0 Å². The molecule has 2 heterocycles. The number of thioether (sulfide) groups is 1. The molecule has 1 aromatic heterocycles. The molecule has 3 rings (SSSR count). The highest BCUT2D eigenvalue weighted by Gasteiger charge is 2.27. The number of benzene rings is 1. The van der Waals surface area contributed by atoms with Gasteiger partial charge in [0, 0.05) is 12.3 Å². The van der Waals surface area contributed by atoms with Crippen LogP contribution in [0.3, 0.4) is 0 Å². The summed E-state index contributed by atoms with van der Waals surface area (Å²) in [5.74, 6) is 1.45. The first kappa shape index (κ1) is 18.4. The van der Waals surface area contributed by atoms with Crippen LogP contribution in [0.4, 0.5) is 0 Å². The Labute approximate surface area is 157 Å². The Morgan fingerprint density at radius 3 is 3.00 bits per heavy atom. The zero-order valence-electron chi connectivity index (χ0n) is 15.0. The Bertz CT molecular complexity index is 782. The lowest BCUT2D eigenvalue weighted by Crippen LogP contribution is -2.34. The van der Waals surface area contributed by atoms with Gasteiger partial charge in [-0.3, -0.25) is 9.79 Å². The van der Waals surface area contributed by atoms with Gasteiger partial charge in [-0.15, -0.1) is 23.1 Å². The van der Waals surface area contributed by atoms with Crippen molar-refractivity contribution in [2.45, 2.75) is 46.1 Å². The molecule has 0 unspecified atom stereocenters. The maximum Gasteiger partial charge on any atom is 0.245 e. The number of hydrogen-bond donors (Lipinski definition) is 1. The van der Waals surface area contributed by atoms with Crippen molar-refractivity contribution in [1.29, 1.82) is 0 Å². The van der Waals surface area contributed by atoms with Crippen LogP contribution < -0.4 is 5.32 Å². The van der Waals surface area contributed by atoms with Crippen LogP contribution >= 0.6 is 23.1 Å². The molecule has 1 aliphatic rings. The molecule has 1 aromatic carbocycles. The SMILES string of the molecule is CCCNC(=O)[C@H]1CSC(c2nc3ccc(CCC(C)C)cc3s2)=N1. The Balaban J connectivity index is 1.74. The molecule has 0 saturated heterocycles. The third kappa shape index (κ3) is 4.61. The van der Waals surface area contributed by atoms with Crippen molar-refractivity contribution < 1.29 is 4.79 Å². The summed E-state index contributed by atoms with van der Waals surface area (Å²) in [6, 6.07) is 6.26. The second-order valence-corrected chi connectivity index (χ2v) is 8.85. The van der Waals surface area contributed by atoms with Gasteiger partial charge in [0.1, 0.15) is 16.1 Å². The first-order chi connectivity index (χ1) is 12.1. The molecule has 1 N–H and O–H groups in total. The number of carbonyl (C=O) groups is 1. The number of rotatable bonds is 7. The number of aryl methyl sites for hydroxylation is 1. The second-order valence-electron chi connectivity index (χ2n) is 6.81. The van der Waals surface area contributed by atoms with Gasteiger partial charge in [0.05, 0.1) is 10.2 Å². The average molecular weight is 376 g/mol. The third-order valence-electron chi connectivity index (χ3n) is 4.15. The maximum absolute atomic E-state index is 12.1. The average Bonchev–Trinajstić information content (AvgIpc) is 3.23. The summed E-state index contributed by atoms with van der Waals surface area (Å²) in [7, 11) is 0. The summed E-state index contributed by atoms with van der Waals surface area (Å²) in [4.78, 5) is 21.4. The number of carbonyl (C=O) groups excluding carboxylic acids is 1.